The lowest BCUT2D eigenvalue weighted by Crippen LogP contribution is -2.75. The molecule has 0 saturated carbocycles. The first-order valence-electron chi connectivity index (χ1n) is 22.1. The van der Waals surface area contributed by atoms with E-state index in [1.54, 1.807) is 12.1 Å². The molecule has 0 radical (unpaired) electrons. The molecular weight excluding hydrogens is 1240 g/mol. The van der Waals surface area contributed by atoms with Crippen LogP contribution in [0.1, 0.15) is 54.9 Å². The summed E-state index contributed by atoms with van der Waals surface area (Å²) in [6, 6.07) is 16.8. The van der Waals surface area contributed by atoms with E-state index in [1.807, 2.05) is 72.8 Å². The average Bonchev–Trinajstić information content (AvgIpc) is 3.49. The smallest absolute Gasteiger partial charge is 0.289 e. The van der Waals surface area contributed by atoms with E-state index in [2.05, 4.69) is 15.9 Å². The van der Waals surface area contributed by atoms with Crippen molar-refractivity contribution in [1.82, 2.24) is 0 Å². The molecule has 7 aromatic rings. The maximum atomic E-state index is 14.2. The van der Waals surface area contributed by atoms with Crippen molar-refractivity contribution in [3.8, 4) is 0 Å². The van der Waals surface area contributed by atoms with E-state index in [0.717, 1.165) is 4.47 Å². The van der Waals surface area contributed by atoms with Crippen LogP contribution < -0.4 is 21.9 Å². The minimum Gasteiger partial charge on any atom is -0.289 e. The van der Waals surface area contributed by atoms with Crippen molar-refractivity contribution in [2.24, 2.45) is 0 Å². The molecule has 2 nitrogen and oxygen atoms in total. The van der Waals surface area contributed by atoms with Crippen molar-refractivity contribution in [2.75, 3.05) is 5.75 Å². The molecule has 0 fully saturated rings. The topological polar surface area (TPSA) is 34.1 Å². The highest BCUT2D eigenvalue weighted by atomic mass is 79.9. The highest BCUT2D eigenvalue weighted by Crippen LogP contribution is 2.42. The van der Waals surface area contributed by atoms with Gasteiger partial charge in [0, 0.05) is 10.0 Å². The quantitative estimate of drug-likeness (QED) is 0.0625. The van der Waals surface area contributed by atoms with Gasteiger partial charge in [-0.15, -0.1) is 0 Å². The Morgan fingerprint density at radius 3 is 0.741 bits per heavy atom. The molecular formula is C52H28BBrF24O2S. The van der Waals surface area contributed by atoms with Gasteiger partial charge < -0.3 is 0 Å². The molecule has 0 saturated heterocycles. The van der Waals surface area contributed by atoms with Gasteiger partial charge in [-0.1, -0.05) is 117 Å². The summed E-state index contributed by atoms with van der Waals surface area (Å²) in [7, 11) is -2.67. The normalized spacial score (nSPS) is 13.4. The Labute approximate surface area is 449 Å². The molecule has 81 heavy (non-hydrogen) atoms. The Morgan fingerprint density at radius 2 is 0.543 bits per heavy atom. The third-order valence-electron chi connectivity index (χ3n) is 12.2. The number of hydrogen-bond donors (Lipinski definition) is 0. The third-order valence-corrected chi connectivity index (χ3v) is 15.5. The van der Waals surface area contributed by atoms with Crippen LogP contribution in [-0.2, 0) is 63.6 Å². The summed E-state index contributed by atoms with van der Waals surface area (Å²) in [6.07, 6.45) is -54.8. The van der Waals surface area contributed by atoms with Gasteiger partial charge >= 0.3 is 49.4 Å². The summed E-state index contributed by atoms with van der Waals surface area (Å²) in [4.78, 5) is 14.1. The third kappa shape index (κ3) is 14.5. The molecule has 0 bridgehead atoms. The molecule has 0 aromatic heterocycles. The minimum atomic E-state index is -6.13. The van der Waals surface area contributed by atoms with Crippen molar-refractivity contribution in [1.29, 1.82) is 0 Å². The molecule has 0 atom stereocenters. The zero-order valence-electron chi connectivity index (χ0n) is 39.5. The number of Topliss-reactive ketones (excluding diaryl/α,β-unsaturated/α-hetero) is 1. The van der Waals surface area contributed by atoms with Crippen LogP contribution in [0.2, 0.25) is 0 Å². The van der Waals surface area contributed by atoms with Crippen molar-refractivity contribution < 1.29 is 114 Å². The van der Waals surface area contributed by atoms with Crippen molar-refractivity contribution in [3.05, 3.63) is 212 Å². The first-order valence-corrected chi connectivity index (χ1v) is 24.6. The first-order chi connectivity index (χ1) is 36.9. The second-order valence-corrected chi connectivity index (χ2v) is 21.1. The Balaban J connectivity index is 0.000000363. The van der Waals surface area contributed by atoms with Crippen LogP contribution in [-0.4, -0.2) is 17.7 Å². The number of hydrogen-bond acceptors (Lipinski definition) is 2. The lowest BCUT2D eigenvalue weighted by molar-refractivity contribution is -0.144. The summed E-state index contributed by atoms with van der Waals surface area (Å²) >= 11 is 3.36. The molecule has 0 spiro atoms. The van der Waals surface area contributed by atoms with Gasteiger partial charge in [0.1, 0.15) is 6.15 Å². The summed E-state index contributed by atoms with van der Waals surface area (Å²) in [6.45, 7) is 0. The number of carbonyl (C=O) groups excluding carboxylic acids is 1. The van der Waals surface area contributed by atoms with E-state index in [9.17, 15) is 114 Å². The van der Waals surface area contributed by atoms with Crippen LogP contribution in [0, 0.1) is 0 Å². The standard InChI is InChI=1S/C32H12BF24.C20H16BrO2S/c34-25(35,36)13-1-14(26(37,38)39)6-21(5-13)33(22-7-15(27(40,41)42)2-16(8-22)28(43,44)45,23-9-17(29(46,47)48)3-18(10-23)30(49,50)51)24-11-19(31(52,53)54)4-20(12-24)32(55,56)57;21-17-13-11-16(12-14-17)20(22)15-24(23,18-7-3-1-4-8-18)19-9-5-2-6-10-19/h1-12H;1-14H,15H2/q-1;+1. The van der Waals surface area contributed by atoms with Crippen LogP contribution in [0.25, 0.3) is 0 Å². The Morgan fingerprint density at radius 1 is 0.333 bits per heavy atom. The summed E-state index contributed by atoms with van der Waals surface area (Å²) in [5.74, 6) is -0.164. The molecule has 7 rings (SSSR count). The van der Waals surface area contributed by atoms with Gasteiger partial charge in [0.05, 0.1) is 44.5 Å². The van der Waals surface area contributed by atoms with Crippen molar-refractivity contribution in [2.45, 2.75) is 59.2 Å². The van der Waals surface area contributed by atoms with Crippen LogP contribution in [0.15, 0.2) is 172 Å². The van der Waals surface area contributed by atoms with Crippen LogP contribution >= 0.6 is 15.9 Å². The largest absolute Gasteiger partial charge is 0.416 e. The molecule has 0 aliphatic heterocycles. The van der Waals surface area contributed by atoms with Crippen LogP contribution in [0.5, 0.6) is 0 Å². The predicted octanol–water partition coefficient (Wildman–Crippen LogP) is 16.5. The molecule has 0 unspecified atom stereocenters. The van der Waals surface area contributed by atoms with Gasteiger partial charge in [0.2, 0.25) is 5.78 Å². The number of alkyl halides is 24. The van der Waals surface area contributed by atoms with Gasteiger partial charge in [-0.05, 0) is 60.7 Å². The molecule has 7 aromatic carbocycles. The second-order valence-electron chi connectivity index (χ2n) is 17.6. The monoisotopic (exact) mass is 1260 g/mol. The Kier molecular flexibility index (Phi) is 17.4. The van der Waals surface area contributed by atoms with E-state index in [4.69, 9.17) is 0 Å². The van der Waals surface area contributed by atoms with E-state index in [1.165, 1.54) is 0 Å². The zero-order valence-corrected chi connectivity index (χ0v) is 41.9. The summed E-state index contributed by atoms with van der Waals surface area (Å²) < 4.78 is 356. The number of benzene rings is 7. The summed E-state index contributed by atoms with van der Waals surface area (Å²) in [5, 5.41) is 0. The first kappa shape index (κ1) is 63.4. The number of carbonyl (C=O) groups is 1. The molecule has 432 valence electrons. The molecule has 0 aliphatic carbocycles. The van der Waals surface area contributed by atoms with Gasteiger partial charge in [-0.3, -0.25) is 4.79 Å². The van der Waals surface area contributed by atoms with Crippen molar-refractivity contribution in [3.63, 3.8) is 0 Å². The molecule has 0 N–H and O–H groups in total. The molecule has 0 amide bonds. The fraction of sp³-hybridized carbons (Fsp3) is 0.173. The molecule has 0 aliphatic rings. The molecule has 0 heterocycles. The fourth-order valence-electron chi connectivity index (χ4n) is 8.56. The van der Waals surface area contributed by atoms with E-state index in [0.29, 0.717) is 15.4 Å². The second kappa shape index (κ2) is 22.2. The lowest BCUT2D eigenvalue weighted by atomic mass is 9.12. The molecule has 29 heteroatoms. The van der Waals surface area contributed by atoms with Crippen LogP contribution in [0.4, 0.5) is 105 Å². The maximum absolute atomic E-state index is 14.2. The van der Waals surface area contributed by atoms with E-state index in [-0.39, 0.29) is 11.5 Å². The van der Waals surface area contributed by atoms with Gasteiger partial charge in [0.15, 0.2) is 25.5 Å². The predicted molar refractivity (Wildman–Crippen MR) is 251 cm³/mol. The van der Waals surface area contributed by atoms with Gasteiger partial charge in [-0.25, -0.2) is 0 Å². The van der Waals surface area contributed by atoms with Gasteiger partial charge in [-0.2, -0.15) is 127 Å². The van der Waals surface area contributed by atoms with E-state index < -0.39 is 205 Å². The number of rotatable bonds is 9. The fourth-order valence-corrected chi connectivity index (χ4v) is 11.2. The highest BCUT2D eigenvalue weighted by Gasteiger charge is 2.47. The van der Waals surface area contributed by atoms with E-state index >= 15 is 0 Å². The zero-order chi connectivity index (χ0) is 60.9. The summed E-state index contributed by atoms with van der Waals surface area (Å²) in [5.41, 5.74) is -29.6. The van der Waals surface area contributed by atoms with Crippen LogP contribution in [0.3, 0.4) is 0 Å². The lowest BCUT2D eigenvalue weighted by Gasteiger charge is -2.46. The maximum Gasteiger partial charge on any atom is 0.416 e. The highest BCUT2D eigenvalue weighted by molar-refractivity contribution is 9.10. The number of halogens is 25. The Hall–Kier alpha value is -6.78. The SMILES string of the molecule is FC(F)(F)c1cc([B-](c2cc(C(F)(F)F)cc(C(F)(F)F)c2)(c2cc(C(F)(F)F)cc(C(F)(F)F)c2)c2cc(C(F)(F)F)cc(C(F)(F)F)c2)cc(C(F)(F)F)c1.O=C(C[S+](=O)(c1ccccc1)c1ccccc1)c1ccc(Br)cc1. The Bertz CT molecular complexity index is 2970. The average molecular weight is 1260 g/mol. The number of ketones is 1. The van der Waals surface area contributed by atoms with Gasteiger partial charge in [0.25, 0.3) is 0 Å². The minimum absolute atomic E-state index is 0.0390. The van der Waals surface area contributed by atoms with Crippen molar-refractivity contribution >= 4 is 59.6 Å².